The van der Waals surface area contributed by atoms with Gasteiger partial charge in [-0.3, -0.25) is 0 Å². The molecule has 0 aliphatic heterocycles. The quantitative estimate of drug-likeness (QED) is 0.533. The predicted molar refractivity (Wildman–Crippen MR) is 45.3 cm³/mol. The van der Waals surface area contributed by atoms with Gasteiger partial charge in [0.25, 0.3) is 0 Å². The van der Waals surface area contributed by atoms with Crippen molar-refractivity contribution in [1.82, 2.24) is 4.98 Å². The number of hydrogen-bond donors (Lipinski definition) is 1. The van der Waals surface area contributed by atoms with Crippen LogP contribution in [0.15, 0.2) is 18.3 Å². The fraction of sp³-hybridized carbons (Fsp3) is 0.375. The summed E-state index contributed by atoms with van der Waals surface area (Å²) < 4.78 is 9.83. The van der Waals surface area contributed by atoms with E-state index in [4.69, 9.17) is 15.2 Å². The lowest BCUT2D eigenvalue weighted by atomic mass is 10.3. The molecule has 0 amide bonds. The van der Waals surface area contributed by atoms with E-state index in [-0.39, 0.29) is 0 Å². The molecule has 0 saturated carbocycles. The van der Waals surface area contributed by atoms with Gasteiger partial charge in [0, 0.05) is 13.3 Å². The molecule has 0 atom stereocenters. The largest absolute Gasteiger partial charge is 0.384 e. The van der Waals surface area contributed by atoms with Crippen LogP contribution >= 0.6 is 0 Å². The predicted octanol–water partition coefficient (Wildman–Crippen LogP) is 0.784. The van der Waals surface area contributed by atoms with Crippen LogP contribution in [-0.2, 0) is 16.1 Å². The fourth-order valence-electron chi connectivity index (χ4n) is 0.764. The summed E-state index contributed by atoms with van der Waals surface area (Å²) in [5, 5.41) is 0. The number of nitrogen functional groups attached to an aromatic ring is 1. The first-order chi connectivity index (χ1) is 5.83. The SMILES string of the molecule is COCOCc1ccc(N)nc1. The zero-order chi connectivity index (χ0) is 8.81. The Kier molecular flexibility index (Phi) is 3.50. The van der Waals surface area contributed by atoms with E-state index in [1.165, 1.54) is 0 Å². The van der Waals surface area contributed by atoms with Crippen LogP contribution in [0.2, 0.25) is 0 Å². The molecule has 4 heteroatoms. The maximum absolute atomic E-state index is 5.40. The lowest BCUT2D eigenvalue weighted by Gasteiger charge is -2.01. The van der Waals surface area contributed by atoms with Gasteiger partial charge in [0.2, 0.25) is 0 Å². The zero-order valence-corrected chi connectivity index (χ0v) is 6.99. The number of anilines is 1. The average molecular weight is 168 g/mol. The van der Waals surface area contributed by atoms with E-state index in [2.05, 4.69) is 4.98 Å². The topological polar surface area (TPSA) is 57.4 Å². The molecule has 0 unspecified atom stereocenters. The van der Waals surface area contributed by atoms with Gasteiger partial charge in [0.05, 0.1) is 6.61 Å². The standard InChI is InChI=1S/C8H12N2O2/c1-11-6-12-5-7-2-3-8(9)10-4-7/h2-4H,5-6H2,1H3,(H2,9,10). The van der Waals surface area contributed by atoms with Crippen molar-refractivity contribution in [2.45, 2.75) is 6.61 Å². The van der Waals surface area contributed by atoms with E-state index >= 15 is 0 Å². The first kappa shape index (κ1) is 8.96. The smallest absolute Gasteiger partial charge is 0.146 e. The minimum atomic E-state index is 0.296. The minimum Gasteiger partial charge on any atom is -0.384 e. The van der Waals surface area contributed by atoms with Gasteiger partial charge in [0.15, 0.2) is 0 Å². The molecule has 0 aliphatic rings. The van der Waals surface area contributed by atoms with Crippen LogP contribution in [0.1, 0.15) is 5.56 Å². The van der Waals surface area contributed by atoms with Gasteiger partial charge in [-0.15, -0.1) is 0 Å². The summed E-state index contributed by atoms with van der Waals surface area (Å²) in [6, 6.07) is 3.61. The van der Waals surface area contributed by atoms with Crippen LogP contribution < -0.4 is 5.73 Å². The van der Waals surface area contributed by atoms with Crippen LogP contribution in [0.5, 0.6) is 0 Å². The minimum absolute atomic E-state index is 0.296. The number of pyridine rings is 1. The van der Waals surface area contributed by atoms with Crippen molar-refractivity contribution >= 4 is 5.82 Å². The van der Waals surface area contributed by atoms with Crippen LogP contribution in [0, 0.1) is 0 Å². The van der Waals surface area contributed by atoms with E-state index in [1.807, 2.05) is 6.07 Å². The summed E-state index contributed by atoms with van der Waals surface area (Å²) in [4.78, 5) is 3.91. The third-order valence-corrected chi connectivity index (χ3v) is 1.32. The molecule has 0 fully saturated rings. The Morgan fingerprint density at radius 1 is 1.50 bits per heavy atom. The van der Waals surface area contributed by atoms with Gasteiger partial charge in [-0.1, -0.05) is 6.07 Å². The Hall–Kier alpha value is -1.13. The summed E-state index contributed by atoms with van der Waals surface area (Å²) in [6.07, 6.45) is 1.69. The summed E-state index contributed by atoms with van der Waals surface area (Å²) in [5.41, 5.74) is 6.39. The molecule has 0 radical (unpaired) electrons. The second-order valence-electron chi connectivity index (χ2n) is 2.35. The maximum Gasteiger partial charge on any atom is 0.146 e. The molecule has 12 heavy (non-hydrogen) atoms. The molecular formula is C8H12N2O2. The second kappa shape index (κ2) is 4.69. The second-order valence-corrected chi connectivity index (χ2v) is 2.35. The van der Waals surface area contributed by atoms with Crippen molar-refractivity contribution in [2.24, 2.45) is 0 Å². The molecule has 1 aromatic heterocycles. The van der Waals surface area contributed by atoms with Crippen LogP contribution in [0.3, 0.4) is 0 Å². The molecule has 1 heterocycles. The van der Waals surface area contributed by atoms with Crippen LogP contribution in [0.4, 0.5) is 5.82 Å². The number of methoxy groups -OCH3 is 1. The molecule has 0 saturated heterocycles. The first-order valence-corrected chi connectivity index (χ1v) is 3.60. The van der Waals surface area contributed by atoms with E-state index < -0.39 is 0 Å². The molecular weight excluding hydrogens is 156 g/mol. The molecule has 1 rings (SSSR count). The number of ether oxygens (including phenoxy) is 2. The molecule has 1 aromatic rings. The van der Waals surface area contributed by atoms with Crippen LogP contribution in [-0.4, -0.2) is 18.9 Å². The van der Waals surface area contributed by atoms with Crippen LogP contribution in [0.25, 0.3) is 0 Å². The van der Waals surface area contributed by atoms with Gasteiger partial charge >= 0.3 is 0 Å². The summed E-state index contributed by atoms with van der Waals surface area (Å²) in [6.45, 7) is 0.797. The van der Waals surface area contributed by atoms with Gasteiger partial charge in [-0.05, 0) is 11.6 Å². The third kappa shape index (κ3) is 2.86. The van der Waals surface area contributed by atoms with E-state index in [1.54, 1.807) is 19.4 Å². The molecule has 0 aliphatic carbocycles. The molecule has 0 aromatic carbocycles. The highest BCUT2D eigenvalue weighted by molar-refractivity contribution is 5.28. The van der Waals surface area contributed by atoms with Crippen molar-refractivity contribution in [3.05, 3.63) is 23.9 Å². The van der Waals surface area contributed by atoms with E-state index in [0.29, 0.717) is 19.2 Å². The Bertz CT molecular complexity index is 223. The maximum atomic E-state index is 5.40. The lowest BCUT2D eigenvalue weighted by molar-refractivity contribution is -0.0391. The number of nitrogens with zero attached hydrogens (tertiary/aromatic N) is 1. The highest BCUT2D eigenvalue weighted by Gasteiger charge is 1.92. The average Bonchev–Trinajstić information content (AvgIpc) is 2.09. The van der Waals surface area contributed by atoms with Gasteiger partial charge in [0.1, 0.15) is 12.6 Å². The Labute approximate surface area is 71.3 Å². The van der Waals surface area contributed by atoms with E-state index in [0.717, 1.165) is 5.56 Å². The monoisotopic (exact) mass is 168 g/mol. The Morgan fingerprint density at radius 3 is 2.92 bits per heavy atom. The molecule has 2 N–H and O–H groups in total. The Morgan fingerprint density at radius 2 is 2.33 bits per heavy atom. The number of rotatable bonds is 4. The fourth-order valence-corrected chi connectivity index (χ4v) is 0.764. The summed E-state index contributed by atoms with van der Waals surface area (Å²) in [7, 11) is 1.58. The molecule has 66 valence electrons. The lowest BCUT2D eigenvalue weighted by Crippen LogP contribution is -1.98. The number of aromatic nitrogens is 1. The number of nitrogens with two attached hydrogens (primary N) is 1. The summed E-state index contributed by atoms with van der Waals surface area (Å²) in [5.74, 6) is 0.519. The number of hydrogen-bond acceptors (Lipinski definition) is 4. The molecule has 0 spiro atoms. The third-order valence-electron chi connectivity index (χ3n) is 1.32. The van der Waals surface area contributed by atoms with Gasteiger partial charge in [-0.25, -0.2) is 4.98 Å². The molecule has 4 nitrogen and oxygen atoms in total. The normalized spacial score (nSPS) is 10.1. The Balaban J connectivity index is 2.37. The first-order valence-electron chi connectivity index (χ1n) is 3.60. The molecule has 0 bridgehead atoms. The van der Waals surface area contributed by atoms with Gasteiger partial charge < -0.3 is 15.2 Å². The van der Waals surface area contributed by atoms with Crippen molar-refractivity contribution in [3.8, 4) is 0 Å². The highest BCUT2D eigenvalue weighted by atomic mass is 16.7. The van der Waals surface area contributed by atoms with Crippen molar-refractivity contribution in [3.63, 3.8) is 0 Å². The van der Waals surface area contributed by atoms with Crippen molar-refractivity contribution in [1.29, 1.82) is 0 Å². The van der Waals surface area contributed by atoms with Crippen molar-refractivity contribution in [2.75, 3.05) is 19.6 Å². The van der Waals surface area contributed by atoms with Gasteiger partial charge in [-0.2, -0.15) is 0 Å². The summed E-state index contributed by atoms with van der Waals surface area (Å²) >= 11 is 0. The highest BCUT2D eigenvalue weighted by Crippen LogP contribution is 2.02. The zero-order valence-electron chi connectivity index (χ0n) is 6.99. The van der Waals surface area contributed by atoms with Crippen molar-refractivity contribution < 1.29 is 9.47 Å². The van der Waals surface area contributed by atoms with E-state index in [9.17, 15) is 0 Å².